The summed E-state index contributed by atoms with van der Waals surface area (Å²) in [5.74, 6) is -0.139. The first kappa shape index (κ1) is 19.2. The summed E-state index contributed by atoms with van der Waals surface area (Å²) < 4.78 is 0. The Morgan fingerprint density at radius 2 is 1.28 bits per heavy atom. The van der Waals surface area contributed by atoms with Gasteiger partial charge in [-0.1, -0.05) is 71.8 Å². The Kier molecular flexibility index (Phi) is 6.81. The van der Waals surface area contributed by atoms with E-state index in [1.807, 2.05) is 18.2 Å². The van der Waals surface area contributed by atoms with E-state index >= 15 is 0 Å². The predicted octanol–water partition coefficient (Wildman–Crippen LogP) is 6.41. The van der Waals surface area contributed by atoms with Crippen LogP contribution in [0.25, 0.3) is 0 Å². The molecule has 0 aromatic heterocycles. The van der Waals surface area contributed by atoms with Gasteiger partial charge in [-0.2, -0.15) is 0 Å². The molecular weight excluding hydrogens is 351 g/mol. The number of benzene rings is 2. The van der Waals surface area contributed by atoms with Crippen LogP contribution in [0.15, 0.2) is 68.3 Å². The minimum Gasteiger partial charge on any atom is -0.289 e. The number of rotatable bonds is 8. The van der Waals surface area contributed by atoms with Gasteiger partial charge in [-0.25, -0.2) is 0 Å². The van der Waals surface area contributed by atoms with E-state index < -0.39 is 0 Å². The van der Waals surface area contributed by atoms with E-state index in [-0.39, 0.29) is 5.78 Å². The lowest BCUT2D eigenvalue weighted by molar-refractivity contribution is 0.103. The first-order chi connectivity index (χ1) is 12.1. The molecule has 0 spiro atoms. The van der Waals surface area contributed by atoms with Crippen molar-refractivity contribution in [2.75, 3.05) is 0 Å². The zero-order valence-corrected chi connectivity index (χ0v) is 15.5. The molecule has 25 heavy (non-hydrogen) atoms. The Labute approximate surface area is 159 Å². The van der Waals surface area contributed by atoms with E-state index in [4.69, 9.17) is 23.2 Å². The molecule has 3 heteroatoms. The zero-order chi connectivity index (χ0) is 18.4. The molecule has 0 saturated heterocycles. The van der Waals surface area contributed by atoms with E-state index in [2.05, 4.69) is 19.7 Å². The fourth-order valence-electron chi connectivity index (χ4n) is 2.86. The SMILES string of the molecule is C=CCc1c(Cl)c(CC=C)c(C(=O)c2ccccc2)c(Cl)c1CC=C. The van der Waals surface area contributed by atoms with Crippen molar-refractivity contribution in [3.8, 4) is 0 Å². The van der Waals surface area contributed by atoms with Gasteiger partial charge in [-0.15, -0.1) is 19.7 Å². The average Bonchev–Trinajstić information content (AvgIpc) is 2.63. The third-order valence-electron chi connectivity index (χ3n) is 3.99. The van der Waals surface area contributed by atoms with Gasteiger partial charge in [-0.3, -0.25) is 4.79 Å². The van der Waals surface area contributed by atoms with E-state index in [9.17, 15) is 4.79 Å². The highest BCUT2D eigenvalue weighted by atomic mass is 35.5. The number of allylic oxidation sites excluding steroid dienone is 3. The summed E-state index contributed by atoms with van der Waals surface area (Å²) in [7, 11) is 0. The normalized spacial score (nSPS) is 10.3. The Bertz CT molecular complexity index is 820. The largest absolute Gasteiger partial charge is 0.289 e. The molecule has 0 fully saturated rings. The molecule has 0 bridgehead atoms. The molecule has 0 aliphatic heterocycles. The summed E-state index contributed by atoms with van der Waals surface area (Å²) in [5.41, 5.74) is 3.45. The molecular formula is C22H20Cl2O. The van der Waals surface area contributed by atoms with E-state index in [0.717, 1.165) is 11.1 Å². The van der Waals surface area contributed by atoms with Crippen LogP contribution >= 0.6 is 23.2 Å². The molecule has 0 saturated carbocycles. The van der Waals surface area contributed by atoms with Crippen molar-refractivity contribution < 1.29 is 4.79 Å². The number of carbonyl (C=O) groups is 1. The molecule has 0 amide bonds. The van der Waals surface area contributed by atoms with Crippen molar-refractivity contribution in [1.29, 1.82) is 0 Å². The summed E-state index contributed by atoms with van der Waals surface area (Å²) in [6.45, 7) is 11.4. The van der Waals surface area contributed by atoms with Gasteiger partial charge in [0.25, 0.3) is 0 Å². The smallest absolute Gasteiger partial charge is 0.194 e. The molecule has 0 aliphatic rings. The summed E-state index contributed by atoms with van der Waals surface area (Å²) in [6.07, 6.45) is 6.83. The lowest BCUT2D eigenvalue weighted by atomic mass is 9.89. The van der Waals surface area contributed by atoms with Gasteiger partial charge in [0.05, 0.1) is 5.02 Å². The zero-order valence-electron chi connectivity index (χ0n) is 14.0. The van der Waals surface area contributed by atoms with Crippen molar-refractivity contribution in [1.82, 2.24) is 0 Å². The minimum absolute atomic E-state index is 0.139. The second-order valence-corrected chi connectivity index (χ2v) is 6.37. The first-order valence-corrected chi connectivity index (χ1v) is 8.76. The predicted molar refractivity (Wildman–Crippen MR) is 108 cm³/mol. The number of carbonyl (C=O) groups excluding carboxylic acids is 1. The lowest BCUT2D eigenvalue weighted by Crippen LogP contribution is -2.11. The number of hydrogen-bond acceptors (Lipinski definition) is 1. The van der Waals surface area contributed by atoms with Crippen molar-refractivity contribution in [3.05, 3.63) is 106 Å². The molecule has 0 N–H and O–H groups in total. The minimum atomic E-state index is -0.139. The third-order valence-corrected chi connectivity index (χ3v) is 4.86. The lowest BCUT2D eigenvalue weighted by Gasteiger charge is -2.20. The van der Waals surface area contributed by atoms with Gasteiger partial charge < -0.3 is 0 Å². The van der Waals surface area contributed by atoms with Crippen LogP contribution in [-0.2, 0) is 19.3 Å². The van der Waals surface area contributed by atoms with Gasteiger partial charge in [0.1, 0.15) is 0 Å². The summed E-state index contributed by atoms with van der Waals surface area (Å²) in [4.78, 5) is 13.1. The number of ketones is 1. The molecule has 2 aromatic carbocycles. The molecule has 0 heterocycles. The van der Waals surface area contributed by atoms with Crippen LogP contribution in [-0.4, -0.2) is 5.78 Å². The maximum absolute atomic E-state index is 13.1. The second kappa shape index (κ2) is 8.84. The Hall–Kier alpha value is -2.09. The molecule has 2 rings (SSSR count). The van der Waals surface area contributed by atoms with Crippen LogP contribution in [0.4, 0.5) is 0 Å². The average molecular weight is 371 g/mol. The quantitative estimate of drug-likeness (QED) is 0.387. The van der Waals surface area contributed by atoms with E-state index in [1.165, 1.54) is 0 Å². The molecule has 0 radical (unpaired) electrons. The van der Waals surface area contributed by atoms with Crippen LogP contribution in [0.1, 0.15) is 32.6 Å². The Morgan fingerprint density at radius 1 is 0.800 bits per heavy atom. The van der Waals surface area contributed by atoms with Crippen LogP contribution in [0.2, 0.25) is 10.0 Å². The maximum Gasteiger partial charge on any atom is 0.194 e. The summed E-state index contributed by atoms with van der Waals surface area (Å²) >= 11 is 13.4. The van der Waals surface area contributed by atoms with Crippen LogP contribution in [0.3, 0.4) is 0 Å². The van der Waals surface area contributed by atoms with E-state index in [1.54, 1.807) is 30.4 Å². The van der Waals surface area contributed by atoms with Gasteiger partial charge in [0, 0.05) is 16.1 Å². The van der Waals surface area contributed by atoms with Gasteiger partial charge in [-0.05, 0) is 36.0 Å². The third kappa shape index (κ3) is 3.95. The highest BCUT2D eigenvalue weighted by molar-refractivity contribution is 6.39. The molecule has 128 valence electrons. The highest BCUT2D eigenvalue weighted by Crippen LogP contribution is 2.38. The molecule has 0 atom stereocenters. The van der Waals surface area contributed by atoms with Gasteiger partial charge in [0.2, 0.25) is 0 Å². The van der Waals surface area contributed by atoms with Crippen LogP contribution < -0.4 is 0 Å². The number of halogens is 2. The summed E-state index contributed by atoms with van der Waals surface area (Å²) in [6, 6.07) is 9.07. The summed E-state index contributed by atoms with van der Waals surface area (Å²) in [5, 5.41) is 0.993. The van der Waals surface area contributed by atoms with Crippen LogP contribution in [0.5, 0.6) is 0 Å². The Morgan fingerprint density at radius 3 is 1.80 bits per heavy atom. The van der Waals surface area contributed by atoms with E-state index in [0.29, 0.717) is 46.0 Å². The van der Waals surface area contributed by atoms with Gasteiger partial charge >= 0.3 is 0 Å². The van der Waals surface area contributed by atoms with Gasteiger partial charge in [0.15, 0.2) is 5.78 Å². The first-order valence-electron chi connectivity index (χ1n) is 8.00. The molecule has 2 aromatic rings. The fourth-order valence-corrected chi connectivity index (χ4v) is 3.62. The molecule has 0 unspecified atom stereocenters. The van der Waals surface area contributed by atoms with Crippen molar-refractivity contribution in [2.45, 2.75) is 19.3 Å². The highest BCUT2D eigenvalue weighted by Gasteiger charge is 2.25. The number of hydrogen-bond donors (Lipinski definition) is 0. The second-order valence-electron chi connectivity index (χ2n) is 5.61. The standard InChI is InChI=1S/C22H20Cl2O/c1-4-10-16-17(11-5-2)21(24)19(18(12-6-3)20(16)23)22(25)15-13-8-7-9-14-15/h4-9,13-14H,1-3,10-12H2. The Balaban J connectivity index is 2.80. The van der Waals surface area contributed by atoms with Crippen molar-refractivity contribution in [3.63, 3.8) is 0 Å². The van der Waals surface area contributed by atoms with Crippen molar-refractivity contribution >= 4 is 29.0 Å². The maximum atomic E-state index is 13.1. The molecule has 1 nitrogen and oxygen atoms in total. The fraction of sp³-hybridized carbons (Fsp3) is 0.136. The topological polar surface area (TPSA) is 17.1 Å². The monoisotopic (exact) mass is 370 g/mol. The van der Waals surface area contributed by atoms with Crippen LogP contribution in [0, 0.1) is 0 Å². The molecule has 0 aliphatic carbocycles. The van der Waals surface area contributed by atoms with Crippen molar-refractivity contribution in [2.24, 2.45) is 0 Å².